The molecule has 7 nitrogen and oxygen atoms in total. The Balaban J connectivity index is 1.18. The van der Waals surface area contributed by atoms with Crippen LogP contribution in [-0.2, 0) is 10.2 Å². The molecule has 3 fully saturated rings. The monoisotopic (exact) mass is 736 g/mol. The van der Waals surface area contributed by atoms with Gasteiger partial charge in [0.05, 0.1) is 22.1 Å². The fourth-order valence-corrected chi connectivity index (χ4v) is 11.4. The smallest absolute Gasteiger partial charge is 0.255 e. The van der Waals surface area contributed by atoms with Crippen LogP contribution in [0.15, 0.2) is 72.8 Å². The number of carbonyl (C=O) groups is 2. The predicted octanol–water partition coefficient (Wildman–Crippen LogP) is 10.8. The highest BCUT2D eigenvalue weighted by Gasteiger charge is 2.54. The summed E-state index contributed by atoms with van der Waals surface area (Å²) in [6.45, 7) is 9.34. The van der Waals surface area contributed by atoms with Crippen LogP contribution in [0.5, 0.6) is 5.75 Å². The van der Waals surface area contributed by atoms with Crippen LogP contribution in [0.1, 0.15) is 139 Å². The Kier molecular flexibility index (Phi) is 9.33. The Morgan fingerprint density at radius 2 is 1.44 bits per heavy atom. The summed E-state index contributed by atoms with van der Waals surface area (Å²) < 4.78 is 7.03. The standard InChI is InChI=1S/C48H56N4O3/c1-30-24-27-39-47(2,3)55-44-36-23-15-14-22-35(36)41-42(40(44)48(39,4)29-30)50-37-26-25-32(28-38(37)51-41)46(54)52(34-20-12-7-13-21-34)43(31-16-8-5-9-17-31)45(53)49-33-18-10-6-11-19-33/h5,8-9,14-17,22-23,25-26,28,30,33-34,39,43H,6-7,10-13,18-21,24,27,29H2,1-4H3,(H,49,53)/t30-,39+,43?,48-/m0/s1. The van der Waals surface area contributed by atoms with E-state index in [-0.39, 0.29) is 34.9 Å². The fourth-order valence-electron chi connectivity index (χ4n) is 11.4. The van der Waals surface area contributed by atoms with E-state index < -0.39 is 6.04 Å². The highest BCUT2D eigenvalue weighted by molar-refractivity contribution is 6.11. The van der Waals surface area contributed by atoms with Crippen LogP contribution in [0.25, 0.3) is 32.8 Å². The van der Waals surface area contributed by atoms with Gasteiger partial charge in [0, 0.05) is 45.3 Å². The van der Waals surface area contributed by atoms with Gasteiger partial charge in [-0.3, -0.25) is 9.59 Å². The van der Waals surface area contributed by atoms with Gasteiger partial charge < -0.3 is 15.0 Å². The summed E-state index contributed by atoms with van der Waals surface area (Å²) >= 11 is 0. The van der Waals surface area contributed by atoms with Crippen molar-refractivity contribution in [2.75, 3.05) is 0 Å². The average molecular weight is 737 g/mol. The molecule has 1 aromatic heterocycles. The summed E-state index contributed by atoms with van der Waals surface area (Å²) in [4.78, 5) is 42.4. The first-order chi connectivity index (χ1) is 26.6. The molecular weight excluding hydrogens is 681 g/mol. The third kappa shape index (κ3) is 6.36. The molecule has 0 bridgehead atoms. The summed E-state index contributed by atoms with van der Waals surface area (Å²) in [6, 6.07) is 23.5. The van der Waals surface area contributed by atoms with Crippen LogP contribution in [0.4, 0.5) is 0 Å². The van der Waals surface area contributed by atoms with Crippen molar-refractivity contribution in [3.63, 3.8) is 0 Å². The molecule has 1 aliphatic heterocycles. The zero-order valence-corrected chi connectivity index (χ0v) is 33.1. The Morgan fingerprint density at radius 3 is 2.18 bits per heavy atom. The Labute approximate surface area is 325 Å². The fraction of sp³-hybridized carbons (Fsp3) is 0.500. The molecule has 5 aromatic rings. The summed E-state index contributed by atoms with van der Waals surface area (Å²) in [7, 11) is 0. The van der Waals surface area contributed by atoms with Gasteiger partial charge in [-0.25, -0.2) is 9.97 Å². The largest absolute Gasteiger partial charge is 0.486 e. The van der Waals surface area contributed by atoms with E-state index in [0.717, 1.165) is 109 Å². The first-order valence-corrected chi connectivity index (χ1v) is 21.2. The normalized spacial score (nSPS) is 24.8. The molecule has 55 heavy (non-hydrogen) atoms. The molecule has 2 amide bonds. The maximum Gasteiger partial charge on any atom is 0.255 e. The maximum atomic E-state index is 15.1. The van der Waals surface area contributed by atoms with Crippen LogP contribution < -0.4 is 10.1 Å². The van der Waals surface area contributed by atoms with Crippen molar-refractivity contribution in [3.8, 4) is 5.75 Å². The minimum Gasteiger partial charge on any atom is -0.486 e. The molecule has 0 saturated heterocycles. The number of rotatable bonds is 6. The number of benzene rings is 4. The lowest BCUT2D eigenvalue weighted by atomic mass is 9.55. The van der Waals surface area contributed by atoms with E-state index in [0.29, 0.717) is 22.9 Å². The SMILES string of the molecule is C[C@H]1CC[C@@H]2C(C)(C)Oc3c(c4nc5ccc(C(=O)N(C6CCCCC6)C(C(=O)NC6CCCCC6)c6ccccc6)cc5nc4c4ccccc34)[C@@]2(C)C1. The van der Waals surface area contributed by atoms with Gasteiger partial charge in [0.15, 0.2) is 0 Å². The van der Waals surface area contributed by atoms with E-state index in [1.54, 1.807) is 0 Å². The Hall–Kier alpha value is -4.52. The quantitative estimate of drug-likeness (QED) is 0.139. The molecule has 2 heterocycles. The van der Waals surface area contributed by atoms with Crippen molar-refractivity contribution < 1.29 is 14.3 Å². The third-order valence-electron chi connectivity index (χ3n) is 13.9. The molecule has 3 aliphatic carbocycles. The molecular formula is C48H56N4O3. The van der Waals surface area contributed by atoms with E-state index >= 15 is 4.79 Å². The van der Waals surface area contributed by atoms with E-state index in [4.69, 9.17) is 14.7 Å². The van der Waals surface area contributed by atoms with Gasteiger partial charge in [-0.15, -0.1) is 0 Å². The van der Waals surface area contributed by atoms with Gasteiger partial charge in [-0.2, -0.15) is 0 Å². The molecule has 1 N–H and O–H groups in total. The van der Waals surface area contributed by atoms with Crippen molar-refractivity contribution in [2.24, 2.45) is 11.8 Å². The molecule has 4 aromatic carbocycles. The van der Waals surface area contributed by atoms with Gasteiger partial charge in [-0.05, 0) is 82.1 Å². The number of amides is 2. The van der Waals surface area contributed by atoms with Crippen LogP contribution >= 0.6 is 0 Å². The second-order valence-electron chi connectivity index (χ2n) is 18.1. The molecule has 3 saturated carbocycles. The van der Waals surface area contributed by atoms with E-state index in [9.17, 15) is 4.79 Å². The summed E-state index contributed by atoms with van der Waals surface area (Å²) in [5.41, 5.74) is 5.35. The van der Waals surface area contributed by atoms with Crippen LogP contribution in [0, 0.1) is 11.8 Å². The van der Waals surface area contributed by atoms with E-state index in [1.165, 1.54) is 18.4 Å². The van der Waals surface area contributed by atoms with E-state index in [2.05, 4.69) is 57.3 Å². The van der Waals surface area contributed by atoms with Crippen LogP contribution in [0.3, 0.4) is 0 Å². The average Bonchev–Trinajstić information content (AvgIpc) is 3.19. The van der Waals surface area contributed by atoms with E-state index in [1.807, 2.05) is 53.4 Å². The van der Waals surface area contributed by atoms with Crippen LogP contribution in [0.2, 0.25) is 0 Å². The first kappa shape index (κ1) is 36.1. The molecule has 0 spiro atoms. The van der Waals surface area contributed by atoms with Gasteiger partial charge in [0.25, 0.3) is 5.91 Å². The van der Waals surface area contributed by atoms with Crippen molar-refractivity contribution in [2.45, 2.75) is 140 Å². The minimum absolute atomic E-state index is 0.0340. The highest BCUT2D eigenvalue weighted by Crippen LogP contribution is 2.59. The number of aromatic nitrogens is 2. The Morgan fingerprint density at radius 1 is 0.764 bits per heavy atom. The van der Waals surface area contributed by atoms with Gasteiger partial charge in [-0.1, -0.05) is 113 Å². The zero-order valence-electron chi connectivity index (χ0n) is 33.1. The van der Waals surface area contributed by atoms with Crippen molar-refractivity contribution in [3.05, 3.63) is 89.5 Å². The lowest BCUT2D eigenvalue weighted by Crippen LogP contribution is -2.55. The highest BCUT2D eigenvalue weighted by atomic mass is 16.5. The number of nitrogens with one attached hydrogen (secondary N) is 1. The number of hydrogen-bond acceptors (Lipinski definition) is 5. The molecule has 9 rings (SSSR count). The van der Waals surface area contributed by atoms with Crippen LogP contribution in [-0.4, -0.2) is 44.4 Å². The zero-order chi connectivity index (χ0) is 37.9. The summed E-state index contributed by atoms with van der Waals surface area (Å²) in [6.07, 6.45) is 13.9. The maximum absolute atomic E-state index is 15.1. The number of hydrogen-bond donors (Lipinski definition) is 1. The number of carbonyl (C=O) groups excluding carboxylic acids is 2. The summed E-state index contributed by atoms with van der Waals surface area (Å²) in [5, 5.41) is 5.48. The van der Waals surface area contributed by atoms with Crippen molar-refractivity contribution in [1.29, 1.82) is 0 Å². The minimum atomic E-state index is -0.719. The molecule has 1 unspecified atom stereocenters. The topological polar surface area (TPSA) is 84.4 Å². The van der Waals surface area contributed by atoms with Crippen molar-refractivity contribution >= 4 is 44.7 Å². The second kappa shape index (κ2) is 14.2. The lowest BCUT2D eigenvalue weighted by Gasteiger charge is -2.55. The molecule has 4 aliphatic rings. The lowest BCUT2D eigenvalue weighted by molar-refractivity contribution is -0.127. The molecule has 0 radical (unpaired) electrons. The van der Waals surface area contributed by atoms with Crippen molar-refractivity contribution in [1.82, 2.24) is 20.2 Å². The number of fused-ring (bicyclic) bond motifs is 9. The summed E-state index contributed by atoms with van der Waals surface area (Å²) in [5.74, 6) is 1.70. The third-order valence-corrected chi connectivity index (χ3v) is 13.9. The Bertz CT molecular complexity index is 2260. The molecule has 7 heteroatoms. The predicted molar refractivity (Wildman–Crippen MR) is 220 cm³/mol. The van der Waals surface area contributed by atoms with Gasteiger partial charge in [0.1, 0.15) is 17.4 Å². The second-order valence-corrected chi connectivity index (χ2v) is 18.1. The van der Waals surface area contributed by atoms with Gasteiger partial charge in [0.2, 0.25) is 5.91 Å². The first-order valence-electron chi connectivity index (χ1n) is 21.2. The molecule has 4 atom stereocenters. The molecule has 286 valence electrons. The van der Waals surface area contributed by atoms with Gasteiger partial charge >= 0.3 is 0 Å². The number of ether oxygens (including phenoxy) is 1. The number of nitrogens with zero attached hydrogens (tertiary/aromatic N) is 3.